The first-order chi connectivity index (χ1) is 23.2. The first kappa shape index (κ1) is 17.2. The maximum atomic E-state index is 14.1. The Labute approximate surface area is 247 Å². The number of alkyl carbamates (subject to hydrolysis) is 1. The highest BCUT2D eigenvalue weighted by molar-refractivity contribution is 7.89. The van der Waals surface area contributed by atoms with Crippen molar-refractivity contribution >= 4 is 16.1 Å². The molecule has 0 spiro atoms. The van der Waals surface area contributed by atoms with E-state index in [-0.39, 0.29) is 29.5 Å². The summed E-state index contributed by atoms with van der Waals surface area (Å²) in [5.74, 6) is -4.44. The van der Waals surface area contributed by atoms with Gasteiger partial charge in [-0.05, 0) is 48.6 Å². The predicted molar refractivity (Wildman–Crippen MR) is 144 cm³/mol. The van der Waals surface area contributed by atoms with Gasteiger partial charge in [0, 0.05) is 21.3 Å². The van der Waals surface area contributed by atoms with Crippen LogP contribution in [0.4, 0.5) is 4.79 Å². The van der Waals surface area contributed by atoms with Gasteiger partial charge in [-0.15, -0.1) is 0 Å². The van der Waals surface area contributed by atoms with E-state index >= 15 is 0 Å². The van der Waals surface area contributed by atoms with E-state index in [0.29, 0.717) is 12.5 Å². The number of benzene rings is 2. The fourth-order valence-electron chi connectivity index (χ4n) is 4.15. The number of aliphatic hydroxyl groups excluding tert-OH is 1. The first-order valence-corrected chi connectivity index (χ1v) is 13.5. The van der Waals surface area contributed by atoms with E-state index < -0.39 is 90.8 Å². The van der Waals surface area contributed by atoms with Gasteiger partial charge in [-0.3, -0.25) is 0 Å². The van der Waals surface area contributed by atoms with Crippen LogP contribution in [0.3, 0.4) is 0 Å². The molecular formula is C28H38N2O8S. The summed E-state index contributed by atoms with van der Waals surface area (Å²) < 4.78 is 145. The Bertz CT molecular complexity index is 1650. The van der Waals surface area contributed by atoms with Crippen molar-refractivity contribution < 1.29 is 53.7 Å². The summed E-state index contributed by atoms with van der Waals surface area (Å²) in [5, 5.41) is 13.9. The van der Waals surface area contributed by atoms with Gasteiger partial charge in [0.05, 0.1) is 51.4 Å². The standard InChI is InChI=1S/C28H38N2O8S/c1-19(2)16-30(39(33,34)22-11-9-21(35-3)10-12-22)17-25(31)24(15-20-7-5-4-6-8-20)29-28(32)38-26-18-37-27-23(26)13-14-36-27/h4-12,19,23-27,31H,13-18H2,1-3H3,(H,29,32)/t23-,24-,25+,26-,27+/m0/s1/i1D3,3D3,16D2,18D2,19D,26D/t19?,23-,24-,25+,26-,27+. The van der Waals surface area contributed by atoms with Crippen LogP contribution in [-0.4, -0.2) is 81.7 Å². The molecule has 2 aromatic rings. The normalized spacial score (nSPS) is 32.7. The Balaban J connectivity index is 1.71. The number of carbonyl (C=O) groups excluding carboxylic acids is 1. The van der Waals surface area contributed by atoms with Crippen molar-refractivity contribution in [3.8, 4) is 5.75 Å². The molecule has 2 aromatic carbocycles. The van der Waals surface area contributed by atoms with Crippen LogP contribution in [0.15, 0.2) is 59.5 Å². The van der Waals surface area contributed by atoms with Crippen LogP contribution in [0.25, 0.3) is 0 Å². The van der Waals surface area contributed by atoms with Gasteiger partial charge in [0.15, 0.2) is 6.29 Å². The van der Waals surface area contributed by atoms with Gasteiger partial charge in [-0.2, -0.15) is 4.31 Å². The molecule has 0 aromatic heterocycles. The number of sulfonamides is 1. The molecule has 2 aliphatic rings. The van der Waals surface area contributed by atoms with Crippen molar-refractivity contribution in [2.45, 2.75) is 56.0 Å². The largest absolute Gasteiger partial charge is 0.497 e. The lowest BCUT2D eigenvalue weighted by Crippen LogP contribution is -2.51. The third-order valence-corrected chi connectivity index (χ3v) is 7.78. The minimum atomic E-state index is -5.17. The number of amides is 1. The van der Waals surface area contributed by atoms with Crippen molar-refractivity contribution in [2.75, 3.05) is 33.2 Å². The van der Waals surface area contributed by atoms with Crippen molar-refractivity contribution in [3.63, 3.8) is 0 Å². The average Bonchev–Trinajstić information content (AvgIpc) is 3.52. The molecule has 0 aliphatic carbocycles. The zero-order valence-electron chi connectivity index (χ0n) is 33.0. The van der Waals surface area contributed by atoms with E-state index in [4.69, 9.17) is 35.4 Å². The first-order valence-electron chi connectivity index (χ1n) is 18.1. The SMILES string of the molecule is [2H]C([2H])([2H])Oc1ccc(S(=O)(=O)N(C[C@@H](O)[C@H](Cc2ccccc2)NC(=O)O[C@]2([2H])[C@@H]3CCO[C@@H]3OC2([2H])[2H])C([2H])([2H])C([2H])(C)C([2H])([2H])[2H])cc1. The second-order valence-electron chi connectivity index (χ2n) is 8.96. The Kier molecular flexibility index (Phi) is 5.77. The zero-order valence-corrected chi connectivity index (χ0v) is 21.8. The molecule has 10 nitrogen and oxygen atoms in total. The van der Waals surface area contributed by atoms with Crippen LogP contribution in [0, 0.1) is 11.8 Å². The second-order valence-corrected chi connectivity index (χ2v) is 10.8. The number of ether oxygens (including phenoxy) is 4. The highest BCUT2D eigenvalue weighted by Gasteiger charge is 2.44. The van der Waals surface area contributed by atoms with Crippen LogP contribution in [-0.2, 0) is 30.7 Å². The molecule has 11 heteroatoms. The van der Waals surface area contributed by atoms with Crippen LogP contribution in [0.1, 0.15) is 42.2 Å². The van der Waals surface area contributed by atoms with Crippen molar-refractivity contribution in [1.82, 2.24) is 9.62 Å². The molecule has 0 bridgehead atoms. The predicted octanol–water partition coefficient (Wildman–Crippen LogP) is 2.80. The molecule has 1 unspecified atom stereocenters. The Morgan fingerprint density at radius 3 is 2.79 bits per heavy atom. The fraction of sp³-hybridized carbons (Fsp3) is 0.536. The van der Waals surface area contributed by atoms with Gasteiger partial charge in [0.1, 0.15) is 11.8 Å². The summed E-state index contributed by atoms with van der Waals surface area (Å²) in [4.78, 5) is 12.6. The highest BCUT2D eigenvalue weighted by atomic mass is 32.2. The number of methoxy groups -OCH3 is 1. The Morgan fingerprint density at radius 2 is 2.08 bits per heavy atom. The maximum absolute atomic E-state index is 14.1. The number of aliphatic hydroxyl groups is 1. The fourth-order valence-corrected chi connectivity index (χ4v) is 5.49. The van der Waals surface area contributed by atoms with E-state index in [9.17, 15) is 18.3 Å². The lowest BCUT2D eigenvalue weighted by molar-refractivity contribution is -0.0907. The van der Waals surface area contributed by atoms with Gasteiger partial charge in [0.25, 0.3) is 0 Å². The number of hydrogen-bond acceptors (Lipinski definition) is 8. The molecular weight excluding hydrogens is 524 g/mol. The monoisotopic (exact) mass is 574 g/mol. The highest BCUT2D eigenvalue weighted by Crippen LogP contribution is 2.33. The van der Waals surface area contributed by atoms with E-state index in [2.05, 4.69) is 5.32 Å². The summed E-state index contributed by atoms with van der Waals surface area (Å²) in [5.41, 5.74) is 0.473. The third-order valence-electron chi connectivity index (χ3n) is 6.10. The van der Waals surface area contributed by atoms with Crippen LogP contribution in [0.2, 0.25) is 0 Å². The number of nitrogens with one attached hydrogen (secondary N) is 1. The summed E-state index contributed by atoms with van der Waals surface area (Å²) in [6.45, 7) is -10.3. The van der Waals surface area contributed by atoms with Gasteiger partial charge in [-0.1, -0.05) is 44.1 Å². The molecule has 2 aliphatic heterocycles. The van der Waals surface area contributed by atoms with Crippen LogP contribution in [0.5, 0.6) is 5.75 Å². The Hall–Kier alpha value is -2.70. The number of fused-ring (bicyclic) bond motifs is 1. The number of nitrogens with zero attached hydrogens (tertiary/aromatic N) is 1. The van der Waals surface area contributed by atoms with E-state index in [1.165, 1.54) is 0 Å². The van der Waals surface area contributed by atoms with Gasteiger partial charge in [0.2, 0.25) is 10.0 Å². The molecule has 2 N–H and O–H groups in total. The molecule has 1 amide bonds. The third kappa shape index (κ3) is 7.49. The molecule has 39 heavy (non-hydrogen) atoms. The number of rotatable bonds is 12. The van der Waals surface area contributed by atoms with E-state index in [0.717, 1.165) is 24.3 Å². The summed E-state index contributed by atoms with van der Waals surface area (Å²) in [7, 11) is -8.05. The summed E-state index contributed by atoms with van der Waals surface area (Å²) in [6.07, 6.45) is -7.37. The Morgan fingerprint density at radius 1 is 1.31 bits per heavy atom. The maximum Gasteiger partial charge on any atom is 0.407 e. The second kappa shape index (κ2) is 13.1. The van der Waals surface area contributed by atoms with E-state index in [1.807, 2.05) is 0 Å². The van der Waals surface area contributed by atoms with Gasteiger partial charge < -0.3 is 29.4 Å². The van der Waals surface area contributed by atoms with Crippen molar-refractivity contribution in [3.05, 3.63) is 60.2 Å². The number of hydrogen-bond donors (Lipinski definition) is 2. The molecule has 214 valence electrons. The minimum absolute atomic E-state index is 0.0233. The summed E-state index contributed by atoms with van der Waals surface area (Å²) >= 11 is 0. The van der Waals surface area contributed by atoms with Crippen LogP contribution < -0.4 is 10.1 Å². The molecule has 4 rings (SSSR count). The summed E-state index contributed by atoms with van der Waals surface area (Å²) in [6, 6.07) is 10.2. The molecule has 2 fully saturated rings. The molecule has 2 heterocycles. The van der Waals surface area contributed by atoms with Gasteiger partial charge in [-0.25, -0.2) is 13.2 Å². The molecule has 6 atom stereocenters. The smallest absolute Gasteiger partial charge is 0.407 e. The molecule has 0 radical (unpaired) electrons. The average molecular weight is 575 g/mol. The van der Waals surface area contributed by atoms with Gasteiger partial charge >= 0.3 is 6.09 Å². The van der Waals surface area contributed by atoms with Crippen molar-refractivity contribution in [2.24, 2.45) is 11.8 Å². The van der Waals surface area contributed by atoms with Crippen molar-refractivity contribution in [1.29, 1.82) is 0 Å². The lowest BCUT2D eigenvalue weighted by atomic mass is 10.0. The lowest BCUT2D eigenvalue weighted by Gasteiger charge is -2.31. The topological polar surface area (TPSA) is 124 Å². The molecule has 2 saturated heterocycles. The quantitative estimate of drug-likeness (QED) is 0.397. The zero-order chi connectivity index (χ0) is 38.4. The van der Waals surface area contributed by atoms with Crippen LogP contribution >= 0.6 is 0 Å². The number of carbonyl (C=O) groups is 1. The molecule has 0 saturated carbocycles. The minimum Gasteiger partial charge on any atom is -0.497 e. The van der Waals surface area contributed by atoms with E-state index in [1.54, 1.807) is 30.3 Å².